The molecule has 2 aromatic heterocycles. The molecule has 2 heterocycles. The summed E-state index contributed by atoms with van der Waals surface area (Å²) in [5.74, 6) is 0. The van der Waals surface area contributed by atoms with E-state index in [1.807, 2.05) is 6.07 Å². The van der Waals surface area contributed by atoms with Crippen LogP contribution < -0.4 is 0 Å². The van der Waals surface area contributed by atoms with Crippen LogP contribution in [0, 0.1) is 5.41 Å². The molecule has 0 fully saturated rings. The summed E-state index contributed by atoms with van der Waals surface area (Å²) in [7, 11) is 0. The molecule has 0 unspecified atom stereocenters. The maximum Gasteiger partial charge on any atom is 0.138 e. The van der Waals surface area contributed by atoms with Crippen LogP contribution in [0.15, 0.2) is 18.3 Å². The molecule has 1 N–H and O–H groups in total. The van der Waals surface area contributed by atoms with E-state index in [9.17, 15) is 0 Å². The predicted octanol–water partition coefficient (Wildman–Crippen LogP) is 3.80. The number of H-pyrrole nitrogens is 1. The Morgan fingerprint density at radius 1 is 1.40 bits per heavy atom. The fourth-order valence-electron chi connectivity index (χ4n) is 1.72. The van der Waals surface area contributed by atoms with E-state index in [1.54, 1.807) is 6.20 Å². The number of pyridine rings is 1. The van der Waals surface area contributed by atoms with Gasteiger partial charge in [-0.25, -0.2) is 4.98 Å². The van der Waals surface area contributed by atoms with E-state index in [1.165, 1.54) is 5.69 Å². The van der Waals surface area contributed by atoms with Crippen LogP contribution in [0.2, 0.25) is 5.02 Å². The van der Waals surface area contributed by atoms with Gasteiger partial charge in [0.25, 0.3) is 0 Å². The molecule has 2 nitrogen and oxygen atoms in total. The highest BCUT2D eigenvalue weighted by Gasteiger charge is 2.13. The number of hydrogen-bond acceptors (Lipinski definition) is 1. The predicted molar refractivity (Wildman–Crippen MR) is 64.3 cm³/mol. The number of aromatic nitrogens is 2. The maximum absolute atomic E-state index is 6.08. The number of rotatable bonds is 1. The Balaban J connectivity index is 2.44. The fourth-order valence-corrected chi connectivity index (χ4v) is 1.92. The normalized spacial score (nSPS) is 12.3. The van der Waals surface area contributed by atoms with Crippen LogP contribution in [0.1, 0.15) is 26.5 Å². The molecule has 0 radical (unpaired) electrons. The van der Waals surface area contributed by atoms with Crippen LogP contribution in [0.3, 0.4) is 0 Å². The van der Waals surface area contributed by atoms with E-state index in [0.717, 1.165) is 22.5 Å². The molecule has 0 spiro atoms. The molecule has 15 heavy (non-hydrogen) atoms. The molecule has 0 atom stereocenters. The van der Waals surface area contributed by atoms with Crippen molar-refractivity contribution in [1.82, 2.24) is 9.97 Å². The van der Waals surface area contributed by atoms with Crippen molar-refractivity contribution in [2.45, 2.75) is 27.2 Å². The summed E-state index contributed by atoms with van der Waals surface area (Å²) in [6, 6.07) is 3.91. The lowest BCUT2D eigenvalue weighted by Crippen LogP contribution is -2.09. The highest BCUT2D eigenvalue weighted by molar-refractivity contribution is 6.35. The third kappa shape index (κ3) is 2.32. The van der Waals surface area contributed by atoms with Gasteiger partial charge in [0.05, 0.1) is 5.02 Å². The highest BCUT2D eigenvalue weighted by Crippen LogP contribution is 2.26. The molecule has 0 aliphatic heterocycles. The minimum absolute atomic E-state index is 0.271. The Kier molecular flexibility index (Phi) is 2.47. The van der Waals surface area contributed by atoms with Crippen molar-refractivity contribution >= 4 is 22.6 Å². The Bertz CT molecular complexity index is 480. The summed E-state index contributed by atoms with van der Waals surface area (Å²) in [5, 5.41) is 1.77. The number of aromatic amines is 1. The average molecular weight is 223 g/mol. The van der Waals surface area contributed by atoms with E-state index in [0.29, 0.717) is 0 Å². The summed E-state index contributed by atoms with van der Waals surface area (Å²) in [6.07, 6.45) is 2.72. The molecule has 0 aromatic carbocycles. The second kappa shape index (κ2) is 3.53. The van der Waals surface area contributed by atoms with Gasteiger partial charge in [0, 0.05) is 17.3 Å². The van der Waals surface area contributed by atoms with E-state index in [-0.39, 0.29) is 5.41 Å². The van der Waals surface area contributed by atoms with Crippen molar-refractivity contribution in [1.29, 1.82) is 0 Å². The average Bonchev–Trinajstić information content (AvgIpc) is 2.45. The van der Waals surface area contributed by atoms with Gasteiger partial charge in [0.15, 0.2) is 0 Å². The number of hydrogen-bond donors (Lipinski definition) is 1. The molecule has 80 valence electrons. The largest absolute Gasteiger partial charge is 0.343 e. The standard InChI is InChI=1S/C12H15ClN2/c1-12(2,3)7-8-6-9-10(13)4-5-14-11(9)15-8/h4-6H,7H2,1-3H3,(H,14,15). The van der Waals surface area contributed by atoms with Gasteiger partial charge >= 0.3 is 0 Å². The van der Waals surface area contributed by atoms with Crippen LogP contribution in [0.5, 0.6) is 0 Å². The van der Waals surface area contributed by atoms with Gasteiger partial charge < -0.3 is 4.98 Å². The lowest BCUT2D eigenvalue weighted by atomic mass is 9.91. The molecule has 0 aliphatic rings. The molecule has 2 aromatic rings. The molecule has 3 heteroatoms. The van der Waals surface area contributed by atoms with Crippen molar-refractivity contribution in [2.24, 2.45) is 5.41 Å². The zero-order valence-electron chi connectivity index (χ0n) is 9.26. The van der Waals surface area contributed by atoms with Gasteiger partial charge in [-0.2, -0.15) is 0 Å². The van der Waals surface area contributed by atoms with E-state index in [2.05, 4.69) is 36.8 Å². The van der Waals surface area contributed by atoms with Crippen molar-refractivity contribution in [3.8, 4) is 0 Å². The minimum atomic E-state index is 0.271. The zero-order chi connectivity index (χ0) is 11.1. The lowest BCUT2D eigenvalue weighted by Gasteiger charge is -2.16. The van der Waals surface area contributed by atoms with E-state index in [4.69, 9.17) is 11.6 Å². The zero-order valence-corrected chi connectivity index (χ0v) is 10.0. The van der Waals surface area contributed by atoms with Crippen LogP contribution in [0.4, 0.5) is 0 Å². The van der Waals surface area contributed by atoms with Gasteiger partial charge in [0.1, 0.15) is 5.65 Å². The Morgan fingerprint density at radius 3 is 2.73 bits per heavy atom. The molecule has 0 saturated carbocycles. The fraction of sp³-hybridized carbons (Fsp3) is 0.417. The monoisotopic (exact) mass is 222 g/mol. The Labute approximate surface area is 94.7 Å². The number of nitrogens with one attached hydrogen (secondary N) is 1. The van der Waals surface area contributed by atoms with Crippen molar-refractivity contribution < 1.29 is 0 Å². The van der Waals surface area contributed by atoms with Gasteiger partial charge in [-0.1, -0.05) is 32.4 Å². The molecule has 0 saturated heterocycles. The van der Waals surface area contributed by atoms with E-state index < -0.39 is 0 Å². The van der Waals surface area contributed by atoms with Crippen LogP contribution in [0.25, 0.3) is 11.0 Å². The van der Waals surface area contributed by atoms with Crippen LogP contribution in [-0.2, 0) is 6.42 Å². The van der Waals surface area contributed by atoms with Crippen LogP contribution >= 0.6 is 11.6 Å². The summed E-state index contributed by atoms with van der Waals surface area (Å²) >= 11 is 6.08. The van der Waals surface area contributed by atoms with Gasteiger partial charge in [0.2, 0.25) is 0 Å². The Morgan fingerprint density at radius 2 is 2.13 bits per heavy atom. The highest BCUT2D eigenvalue weighted by atomic mass is 35.5. The van der Waals surface area contributed by atoms with Gasteiger partial charge in [-0.3, -0.25) is 0 Å². The SMILES string of the molecule is CC(C)(C)Cc1cc2c(Cl)ccnc2[nH]1. The summed E-state index contributed by atoms with van der Waals surface area (Å²) in [4.78, 5) is 7.55. The van der Waals surface area contributed by atoms with Gasteiger partial charge in [-0.05, 0) is 24.0 Å². The number of nitrogens with zero attached hydrogens (tertiary/aromatic N) is 1. The molecule has 0 bridgehead atoms. The van der Waals surface area contributed by atoms with Crippen LogP contribution in [-0.4, -0.2) is 9.97 Å². The smallest absolute Gasteiger partial charge is 0.138 e. The van der Waals surface area contributed by atoms with Crippen molar-refractivity contribution in [2.75, 3.05) is 0 Å². The third-order valence-electron chi connectivity index (χ3n) is 2.26. The van der Waals surface area contributed by atoms with Crippen molar-refractivity contribution in [3.05, 3.63) is 29.0 Å². The second-order valence-electron chi connectivity index (χ2n) is 5.09. The summed E-state index contributed by atoms with van der Waals surface area (Å²) < 4.78 is 0. The quantitative estimate of drug-likeness (QED) is 0.781. The molecular formula is C12H15ClN2. The maximum atomic E-state index is 6.08. The topological polar surface area (TPSA) is 28.7 Å². The molecule has 0 amide bonds. The lowest BCUT2D eigenvalue weighted by molar-refractivity contribution is 0.407. The number of fused-ring (bicyclic) bond motifs is 1. The first kappa shape index (κ1) is 10.5. The molecule has 0 aliphatic carbocycles. The van der Waals surface area contributed by atoms with Crippen molar-refractivity contribution in [3.63, 3.8) is 0 Å². The summed E-state index contributed by atoms with van der Waals surface area (Å²) in [6.45, 7) is 6.65. The first-order valence-corrected chi connectivity index (χ1v) is 5.46. The Hall–Kier alpha value is -1.02. The first-order chi connectivity index (χ1) is 6.96. The first-order valence-electron chi connectivity index (χ1n) is 5.08. The summed E-state index contributed by atoms with van der Waals surface area (Å²) in [5.41, 5.74) is 2.34. The van der Waals surface area contributed by atoms with E-state index >= 15 is 0 Å². The third-order valence-corrected chi connectivity index (χ3v) is 2.58. The minimum Gasteiger partial charge on any atom is -0.343 e. The number of halogens is 1. The second-order valence-corrected chi connectivity index (χ2v) is 5.49. The molecular weight excluding hydrogens is 208 g/mol. The van der Waals surface area contributed by atoms with Gasteiger partial charge in [-0.15, -0.1) is 0 Å². The molecule has 2 rings (SSSR count).